The molecule has 4 rings (SSSR count). The van der Waals surface area contributed by atoms with Crippen LogP contribution in [0.15, 0.2) is 53.3 Å². The van der Waals surface area contributed by atoms with E-state index in [-0.39, 0.29) is 18.2 Å². The van der Waals surface area contributed by atoms with Gasteiger partial charge in [0.1, 0.15) is 6.54 Å². The van der Waals surface area contributed by atoms with Gasteiger partial charge in [0.05, 0.1) is 5.56 Å². The van der Waals surface area contributed by atoms with E-state index >= 15 is 0 Å². The zero-order valence-electron chi connectivity index (χ0n) is 16.2. The fourth-order valence-corrected chi connectivity index (χ4v) is 3.44. The summed E-state index contributed by atoms with van der Waals surface area (Å²) in [6, 6.07) is 11.9. The first-order valence-electron chi connectivity index (χ1n) is 9.61. The van der Waals surface area contributed by atoms with Gasteiger partial charge in [-0.3, -0.25) is 9.36 Å². The minimum absolute atomic E-state index is 0.0219. The second-order valence-corrected chi connectivity index (χ2v) is 7.74. The lowest BCUT2D eigenvalue weighted by atomic mass is 10.1. The van der Waals surface area contributed by atoms with Crippen molar-refractivity contribution < 1.29 is 18.0 Å². The van der Waals surface area contributed by atoms with Gasteiger partial charge in [-0.1, -0.05) is 29.8 Å². The van der Waals surface area contributed by atoms with Crippen LogP contribution in [0.5, 0.6) is 0 Å². The summed E-state index contributed by atoms with van der Waals surface area (Å²) in [7, 11) is 0. The summed E-state index contributed by atoms with van der Waals surface area (Å²) in [5, 5.41) is 7.29. The fraction of sp³-hybridized carbons (Fsp3) is 0.286. The lowest BCUT2D eigenvalue weighted by molar-refractivity contribution is -0.138. The van der Waals surface area contributed by atoms with Crippen LogP contribution in [0.4, 0.5) is 13.2 Å². The third-order valence-corrected chi connectivity index (χ3v) is 5.23. The van der Waals surface area contributed by atoms with Crippen molar-refractivity contribution in [1.29, 1.82) is 0 Å². The molecule has 1 amide bonds. The van der Waals surface area contributed by atoms with Crippen LogP contribution in [0.3, 0.4) is 0 Å². The molecule has 1 aromatic heterocycles. The molecule has 6 nitrogen and oxygen atoms in total. The number of rotatable bonds is 6. The number of nitrogens with zero attached hydrogens (tertiary/aromatic N) is 3. The molecule has 1 aliphatic carbocycles. The molecule has 1 saturated carbocycles. The molecular formula is C21H18ClF3N4O2. The maximum Gasteiger partial charge on any atom is 0.416 e. The molecule has 10 heteroatoms. The average molecular weight is 451 g/mol. The van der Waals surface area contributed by atoms with E-state index in [9.17, 15) is 22.8 Å². The minimum atomic E-state index is -4.52. The Morgan fingerprint density at radius 2 is 1.81 bits per heavy atom. The van der Waals surface area contributed by atoms with Gasteiger partial charge in [-0.2, -0.15) is 13.2 Å². The number of carbonyl (C=O) groups excluding carboxylic acids is 1. The Morgan fingerprint density at radius 1 is 1.13 bits per heavy atom. The van der Waals surface area contributed by atoms with Crippen LogP contribution in [-0.4, -0.2) is 20.3 Å². The van der Waals surface area contributed by atoms with Crippen LogP contribution >= 0.6 is 11.6 Å². The summed E-state index contributed by atoms with van der Waals surface area (Å²) < 4.78 is 41.9. The van der Waals surface area contributed by atoms with Crippen LogP contribution < -0.4 is 11.0 Å². The Kier molecular flexibility index (Phi) is 5.62. The lowest BCUT2D eigenvalue weighted by Crippen LogP contribution is -2.33. The van der Waals surface area contributed by atoms with Crippen molar-refractivity contribution in [3.05, 3.63) is 75.2 Å². The molecule has 0 spiro atoms. The van der Waals surface area contributed by atoms with Crippen LogP contribution in [0.1, 0.15) is 30.0 Å². The second-order valence-electron chi connectivity index (χ2n) is 7.30. The summed E-state index contributed by atoms with van der Waals surface area (Å²) in [4.78, 5) is 25.2. The molecular weight excluding hydrogens is 433 g/mol. The quantitative estimate of drug-likeness (QED) is 0.616. The molecule has 162 valence electrons. The molecule has 31 heavy (non-hydrogen) atoms. The number of halogens is 4. The predicted octanol–water partition coefficient (Wildman–Crippen LogP) is 4.04. The van der Waals surface area contributed by atoms with E-state index in [0.29, 0.717) is 16.4 Å². The maximum absolute atomic E-state index is 13.1. The van der Waals surface area contributed by atoms with Crippen molar-refractivity contribution in [2.75, 3.05) is 0 Å². The second kappa shape index (κ2) is 8.22. The Labute approximate surface area is 180 Å². The first-order valence-corrected chi connectivity index (χ1v) is 9.99. The molecule has 0 unspecified atom stereocenters. The highest BCUT2D eigenvalue weighted by atomic mass is 35.5. The summed E-state index contributed by atoms with van der Waals surface area (Å²) >= 11 is 5.93. The number of amides is 1. The van der Waals surface area contributed by atoms with Crippen molar-refractivity contribution in [2.45, 2.75) is 38.1 Å². The Morgan fingerprint density at radius 3 is 2.45 bits per heavy atom. The Bertz CT molecular complexity index is 1160. The van der Waals surface area contributed by atoms with Gasteiger partial charge in [0.15, 0.2) is 5.82 Å². The minimum Gasteiger partial charge on any atom is -0.350 e. The van der Waals surface area contributed by atoms with E-state index in [2.05, 4.69) is 10.4 Å². The zero-order valence-corrected chi connectivity index (χ0v) is 17.0. The van der Waals surface area contributed by atoms with Crippen molar-refractivity contribution in [2.24, 2.45) is 0 Å². The molecule has 3 aromatic rings. The molecule has 0 saturated heterocycles. The number of benzene rings is 2. The van der Waals surface area contributed by atoms with Gasteiger partial charge in [0.2, 0.25) is 5.91 Å². The molecule has 0 atom stereocenters. The van der Waals surface area contributed by atoms with E-state index < -0.39 is 29.9 Å². The number of nitrogens with one attached hydrogen (secondary N) is 1. The van der Waals surface area contributed by atoms with Gasteiger partial charge in [-0.25, -0.2) is 9.48 Å². The third kappa shape index (κ3) is 4.66. The zero-order chi connectivity index (χ0) is 22.2. The van der Waals surface area contributed by atoms with Crippen molar-refractivity contribution in [3.63, 3.8) is 0 Å². The van der Waals surface area contributed by atoms with Gasteiger partial charge in [-0.05, 0) is 48.7 Å². The molecule has 1 N–H and O–H groups in total. The van der Waals surface area contributed by atoms with Gasteiger partial charge in [0.25, 0.3) is 0 Å². The normalized spacial score (nSPS) is 13.9. The first kappa shape index (κ1) is 21.2. The molecule has 0 bridgehead atoms. The van der Waals surface area contributed by atoms with Crippen LogP contribution in [-0.2, 0) is 24.1 Å². The van der Waals surface area contributed by atoms with Crippen LogP contribution in [0.25, 0.3) is 11.4 Å². The molecule has 1 aliphatic rings. The monoisotopic (exact) mass is 450 g/mol. The van der Waals surface area contributed by atoms with Gasteiger partial charge in [0, 0.05) is 23.2 Å². The van der Waals surface area contributed by atoms with E-state index in [0.717, 1.165) is 23.6 Å². The van der Waals surface area contributed by atoms with E-state index in [4.69, 9.17) is 11.6 Å². The summed E-state index contributed by atoms with van der Waals surface area (Å²) in [6.07, 6.45) is -2.84. The van der Waals surface area contributed by atoms with Crippen molar-refractivity contribution >= 4 is 17.5 Å². The van der Waals surface area contributed by atoms with Crippen molar-refractivity contribution in [1.82, 2.24) is 19.7 Å². The maximum atomic E-state index is 13.1. The fourth-order valence-electron chi connectivity index (χ4n) is 3.32. The van der Waals surface area contributed by atoms with Crippen LogP contribution in [0, 0.1) is 0 Å². The van der Waals surface area contributed by atoms with Crippen molar-refractivity contribution in [3.8, 4) is 11.4 Å². The topological polar surface area (TPSA) is 68.9 Å². The molecule has 0 aliphatic heterocycles. The van der Waals surface area contributed by atoms with E-state index in [1.165, 1.54) is 18.2 Å². The summed E-state index contributed by atoms with van der Waals surface area (Å²) in [6.45, 7) is -0.704. The number of aromatic nitrogens is 3. The molecule has 1 heterocycles. The standard InChI is InChI=1S/C21H18ClF3N4O2/c22-15-7-5-13(6-8-15)19-27-28(20(31)29(19)16-9-10-16)12-18(30)26-11-14-3-1-2-4-17(14)21(23,24)25/h1-8,16H,9-12H2,(H,26,30). The molecule has 0 radical (unpaired) electrons. The smallest absolute Gasteiger partial charge is 0.350 e. The van der Waals surface area contributed by atoms with Gasteiger partial charge < -0.3 is 5.32 Å². The largest absolute Gasteiger partial charge is 0.416 e. The van der Waals surface area contributed by atoms with Gasteiger partial charge in [-0.15, -0.1) is 5.10 Å². The van der Waals surface area contributed by atoms with E-state index in [1.807, 2.05) is 0 Å². The van der Waals surface area contributed by atoms with Gasteiger partial charge >= 0.3 is 11.9 Å². The lowest BCUT2D eigenvalue weighted by Gasteiger charge is -2.13. The highest BCUT2D eigenvalue weighted by molar-refractivity contribution is 6.30. The SMILES string of the molecule is O=C(Cn1nc(-c2ccc(Cl)cc2)n(C2CC2)c1=O)NCc1ccccc1C(F)(F)F. The first-order chi connectivity index (χ1) is 14.7. The third-order valence-electron chi connectivity index (χ3n) is 4.98. The highest BCUT2D eigenvalue weighted by Gasteiger charge is 2.33. The number of carbonyl (C=O) groups is 1. The molecule has 1 fully saturated rings. The summed E-state index contributed by atoms with van der Waals surface area (Å²) in [5.74, 6) is -0.179. The van der Waals surface area contributed by atoms with Crippen LogP contribution in [0.2, 0.25) is 5.02 Å². The molecule has 2 aromatic carbocycles. The number of alkyl halides is 3. The Balaban J connectivity index is 1.52. The summed E-state index contributed by atoms with van der Waals surface area (Å²) in [5.41, 5.74) is -0.610. The van der Waals surface area contributed by atoms with E-state index in [1.54, 1.807) is 28.8 Å². The number of hydrogen-bond acceptors (Lipinski definition) is 3. The number of hydrogen-bond donors (Lipinski definition) is 1. The Hall–Kier alpha value is -3.07. The predicted molar refractivity (Wildman–Crippen MR) is 108 cm³/mol. The average Bonchev–Trinajstić information content (AvgIpc) is 3.51. The highest BCUT2D eigenvalue weighted by Crippen LogP contribution is 2.36.